The van der Waals surface area contributed by atoms with E-state index in [1.165, 1.54) is 0 Å². The molecule has 0 bridgehead atoms. The maximum absolute atomic E-state index is 11.2. The van der Waals surface area contributed by atoms with E-state index in [0.29, 0.717) is 12.1 Å². The summed E-state index contributed by atoms with van der Waals surface area (Å²) >= 11 is 0. The fourth-order valence-corrected chi connectivity index (χ4v) is 1.73. The van der Waals surface area contributed by atoms with E-state index in [2.05, 4.69) is 10.3 Å². The Morgan fingerprint density at radius 1 is 1.57 bits per heavy atom. The number of pyridine rings is 1. The zero-order chi connectivity index (χ0) is 9.97. The zero-order valence-electron chi connectivity index (χ0n) is 7.86. The molecular formula is C10H13N3O. The Kier molecular flexibility index (Phi) is 2.35. The smallest absolute Gasteiger partial charge is 0.220 e. The van der Waals surface area contributed by atoms with Gasteiger partial charge >= 0.3 is 0 Å². The van der Waals surface area contributed by atoms with Crippen molar-refractivity contribution in [2.45, 2.75) is 18.8 Å². The molecule has 3 N–H and O–H groups in total. The molecule has 4 nitrogen and oxygen atoms in total. The highest BCUT2D eigenvalue weighted by molar-refractivity contribution is 5.77. The van der Waals surface area contributed by atoms with Crippen molar-refractivity contribution in [2.75, 3.05) is 12.3 Å². The van der Waals surface area contributed by atoms with Crippen molar-refractivity contribution in [3.63, 3.8) is 0 Å². The highest BCUT2D eigenvalue weighted by Crippen LogP contribution is 2.24. The van der Waals surface area contributed by atoms with Crippen LogP contribution < -0.4 is 11.1 Å². The molecule has 0 aromatic carbocycles. The van der Waals surface area contributed by atoms with Gasteiger partial charge in [0.25, 0.3) is 0 Å². The predicted octanol–water partition coefficient (Wildman–Crippen LogP) is 0.657. The molecule has 1 aliphatic rings. The molecule has 1 aliphatic heterocycles. The number of piperidine rings is 1. The van der Waals surface area contributed by atoms with Crippen LogP contribution in [-0.4, -0.2) is 17.4 Å². The number of carbonyl (C=O) groups excluding carboxylic acids is 1. The first kappa shape index (κ1) is 8.99. The summed E-state index contributed by atoms with van der Waals surface area (Å²) in [5, 5.41) is 2.80. The molecule has 1 saturated heterocycles. The van der Waals surface area contributed by atoms with Crippen LogP contribution in [-0.2, 0) is 4.79 Å². The van der Waals surface area contributed by atoms with Gasteiger partial charge in [-0.1, -0.05) is 0 Å². The highest BCUT2D eigenvalue weighted by atomic mass is 16.1. The number of hydrogen-bond acceptors (Lipinski definition) is 3. The fourth-order valence-electron chi connectivity index (χ4n) is 1.73. The third kappa shape index (κ3) is 1.84. The summed E-state index contributed by atoms with van der Waals surface area (Å²) in [6.45, 7) is 0.736. The molecular weight excluding hydrogens is 178 g/mol. The van der Waals surface area contributed by atoms with Gasteiger partial charge in [-0.3, -0.25) is 9.78 Å². The molecule has 0 radical (unpaired) electrons. The largest absolute Gasteiger partial charge is 0.399 e. The number of anilines is 1. The van der Waals surface area contributed by atoms with Crippen LogP contribution in [0.15, 0.2) is 18.3 Å². The number of nitrogens with two attached hydrogens (primary N) is 1. The number of rotatable bonds is 1. The Bertz CT molecular complexity index is 351. The number of hydrogen-bond donors (Lipinski definition) is 2. The van der Waals surface area contributed by atoms with E-state index in [1.807, 2.05) is 6.07 Å². The SMILES string of the molecule is Nc1ccnc(C2CCNC(=O)C2)c1. The Morgan fingerprint density at radius 2 is 2.43 bits per heavy atom. The summed E-state index contributed by atoms with van der Waals surface area (Å²) in [6, 6.07) is 3.61. The normalized spacial score (nSPS) is 21.7. The zero-order valence-corrected chi connectivity index (χ0v) is 7.86. The van der Waals surface area contributed by atoms with E-state index >= 15 is 0 Å². The lowest BCUT2D eigenvalue weighted by Gasteiger charge is -2.21. The van der Waals surface area contributed by atoms with Gasteiger partial charge in [-0.2, -0.15) is 0 Å². The Morgan fingerprint density at radius 3 is 3.14 bits per heavy atom. The number of nitrogens with zero attached hydrogens (tertiary/aromatic N) is 1. The van der Waals surface area contributed by atoms with Gasteiger partial charge in [-0.15, -0.1) is 0 Å². The summed E-state index contributed by atoms with van der Waals surface area (Å²) in [6.07, 6.45) is 3.16. The molecule has 1 fully saturated rings. The molecule has 2 rings (SSSR count). The quantitative estimate of drug-likeness (QED) is 0.685. The number of nitrogen functional groups attached to an aromatic ring is 1. The van der Waals surface area contributed by atoms with Crippen molar-refractivity contribution in [1.82, 2.24) is 10.3 Å². The lowest BCUT2D eigenvalue weighted by Crippen LogP contribution is -2.32. The molecule has 1 atom stereocenters. The van der Waals surface area contributed by atoms with Gasteiger partial charge < -0.3 is 11.1 Å². The molecule has 74 valence electrons. The van der Waals surface area contributed by atoms with Crippen LogP contribution in [0.25, 0.3) is 0 Å². The lowest BCUT2D eigenvalue weighted by atomic mass is 9.93. The Labute approximate surface area is 82.5 Å². The highest BCUT2D eigenvalue weighted by Gasteiger charge is 2.21. The van der Waals surface area contributed by atoms with Crippen LogP contribution >= 0.6 is 0 Å². The molecule has 1 aromatic heterocycles. The van der Waals surface area contributed by atoms with Gasteiger partial charge in [-0.25, -0.2) is 0 Å². The van der Waals surface area contributed by atoms with Gasteiger partial charge in [0, 0.05) is 36.5 Å². The van der Waals surface area contributed by atoms with Crippen LogP contribution in [0, 0.1) is 0 Å². The van der Waals surface area contributed by atoms with Crippen LogP contribution in [0.1, 0.15) is 24.5 Å². The summed E-state index contributed by atoms with van der Waals surface area (Å²) in [5.74, 6) is 0.331. The van der Waals surface area contributed by atoms with Crippen LogP contribution in [0.4, 0.5) is 5.69 Å². The van der Waals surface area contributed by atoms with Crippen LogP contribution in [0.2, 0.25) is 0 Å². The average molecular weight is 191 g/mol. The first-order chi connectivity index (χ1) is 6.75. The monoisotopic (exact) mass is 191 g/mol. The minimum atomic E-state index is 0.102. The fraction of sp³-hybridized carbons (Fsp3) is 0.400. The summed E-state index contributed by atoms with van der Waals surface area (Å²) in [7, 11) is 0. The van der Waals surface area contributed by atoms with Crippen molar-refractivity contribution in [1.29, 1.82) is 0 Å². The van der Waals surface area contributed by atoms with Crippen molar-refractivity contribution in [3.05, 3.63) is 24.0 Å². The maximum Gasteiger partial charge on any atom is 0.220 e. The van der Waals surface area contributed by atoms with Crippen molar-refractivity contribution >= 4 is 11.6 Å². The van der Waals surface area contributed by atoms with Crippen LogP contribution in [0.3, 0.4) is 0 Å². The second-order valence-corrected chi connectivity index (χ2v) is 3.55. The molecule has 1 aromatic rings. The predicted molar refractivity (Wildman–Crippen MR) is 53.6 cm³/mol. The maximum atomic E-state index is 11.2. The number of carbonyl (C=O) groups is 1. The van der Waals surface area contributed by atoms with Gasteiger partial charge in [0.2, 0.25) is 5.91 Å². The second-order valence-electron chi connectivity index (χ2n) is 3.55. The second kappa shape index (κ2) is 3.65. The Hall–Kier alpha value is -1.58. The van der Waals surface area contributed by atoms with Gasteiger partial charge in [0.05, 0.1) is 0 Å². The average Bonchev–Trinajstić information content (AvgIpc) is 2.18. The molecule has 4 heteroatoms. The number of amides is 1. The lowest BCUT2D eigenvalue weighted by molar-refractivity contribution is -0.122. The molecule has 0 saturated carbocycles. The van der Waals surface area contributed by atoms with Gasteiger partial charge in [0.15, 0.2) is 0 Å². The molecule has 1 unspecified atom stereocenters. The molecule has 14 heavy (non-hydrogen) atoms. The summed E-state index contributed by atoms with van der Waals surface area (Å²) in [4.78, 5) is 15.4. The minimum absolute atomic E-state index is 0.102. The van der Waals surface area contributed by atoms with Gasteiger partial charge in [0.1, 0.15) is 0 Å². The van der Waals surface area contributed by atoms with E-state index in [1.54, 1.807) is 12.3 Å². The minimum Gasteiger partial charge on any atom is -0.399 e. The van der Waals surface area contributed by atoms with Gasteiger partial charge in [-0.05, 0) is 18.6 Å². The van der Waals surface area contributed by atoms with E-state index in [0.717, 1.165) is 18.7 Å². The van der Waals surface area contributed by atoms with E-state index in [9.17, 15) is 4.79 Å². The van der Waals surface area contributed by atoms with E-state index < -0.39 is 0 Å². The third-order valence-electron chi connectivity index (χ3n) is 2.47. The van der Waals surface area contributed by atoms with Crippen molar-refractivity contribution in [2.24, 2.45) is 0 Å². The molecule has 1 amide bonds. The Balaban J connectivity index is 2.17. The summed E-state index contributed by atoms with van der Waals surface area (Å²) in [5.41, 5.74) is 7.30. The summed E-state index contributed by atoms with van der Waals surface area (Å²) < 4.78 is 0. The van der Waals surface area contributed by atoms with Crippen molar-refractivity contribution < 1.29 is 4.79 Å². The van der Waals surface area contributed by atoms with E-state index in [-0.39, 0.29) is 11.8 Å². The third-order valence-corrected chi connectivity index (χ3v) is 2.47. The first-order valence-corrected chi connectivity index (χ1v) is 4.74. The topological polar surface area (TPSA) is 68.0 Å². The number of aromatic nitrogens is 1. The van der Waals surface area contributed by atoms with Crippen molar-refractivity contribution in [3.8, 4) is 0 Å². The van der Waals surface area contributed by atoms with Crippen LogP contribution in [0.5, 0.6) is 0 Å². The number of nitrogens with one attached hydrogen (secondary N) is 1. The van der Waals surface area contributed by atoms with E-state index in [4.69, 9.17) is 5.73 Å². The standard InChI is InChI=1S/C10H13N3O/c11-8-2-4-12-9(6-8)7-1-3-13-10(14)5-7/h2,4,6-7H,1,3,5H2,(H2,11,12)(H,13,14). The molecule has 0 spiro atoms. The molecule has 2 heterocycles. The first-order valence-electron chi connectivity index (χ1n) is 4.74. The molecule has 0 aliphatic carbocycles.